The van der Waals surface area contributed by atoms with Gasteiger partial charge in [0.15, 0.2) is 0 Å². The molecule has 0 amide bonds. The first kappa shape index (κ1) is 16.7. The molecule has 1 rings (SSSR count). The molecule has 0 aliphatic heterocycles. The fourth-order valence-corrected chi connectivity index (χ4v) is 1.97. The van der Waals surface area contributed by atoms with Gasteiger partial charge in [-0.2, -0.15) is 0 Å². The van der Waals surface area contributed by atoms with Crippen molar-refractivity contribution in [3.8, 4) is 0 Å². The topological polar surface area (TPSA) is 96.1 Å². The third-order valence-corrected chi connectivity index (χ3v) is 3.15. The van der Waals surface area contributed by atoms with Crippen molar-refractivity contribution in [1.82, 2.24) is 9.97 Å². The van der Waals surface area contributed by atoms with Crippen molar-refractivity contribution in [3.63, 3.8) is 0 Å². The summed E-state index contributed by atoms with van der Waals surface area (Å²) in [4.78, 5) is 8.80. The van der Waals surface area contributed by atoms with E-state index < -0.39 is 0 Å². The maximum atomic E-state index is 8.92. The predicted octanol–water partition coefficient (Wildman–Crippen LogP) is 1.93. The maximum Gasteiger partial charge on any atom is 0.145 e. The molecular formula is C14H27N5O. The summed E-state index contributed by atoms with van der Waals surface area (Å²) in [5, 5.41) is 12.3. The molecule has 0 unspecified atom stereocenters. The highest BCUT2D eigenvalue weighted by Crippen LogP contribution is 2.23. The molecule has 0 fully saturated rings. The zero-order valence-electron chi connectivity index (χ0n) is 12.7. The van der Waals surface area contributed by atoms with Gasteiger partial charge in [0.1, 0.15) is 17.5 Å². The zero-order valence-corrected chi connectivity index (χ0v) is 12.7. The first-order valence-electron chi connectivity index (χ1n) is 7.20. The van der Waals surface area contributed by atoms with E-state index in [9.17, 15) is 0 Å². The van der Waals surface area contributed by atoms with Crippen LogP contribution in [0.15, 0.2) is 6.07 Å². The molecule has 0 aliphatic carbocycles. The summed E-state index contributed by atoms with van der Waals surface area (Å²) in [7, 11) is 0. The van der Waals surface area contributed by atoms with Crippen LogP contribution in [0, 0.1) is 5.41 Å². The van der Waals surface area contributed by atoms with Gasteiger partial charge in [-0.3, -0.25) is 0 Å². The fourth-order valence-electron chi connectivity index (χ4n) is 1.97. The van der Waals surface area contributed by atoms with Gasteiger partial charge in [0.2, 0.25) is 0 Å². The molecule has 0 aromatic carbocycles. The van der Waals surface area contributed by atoms with Crippen LogP contribution in [0.25, 0.3) is 0 Å². The van der Waals surface area contributed by atoms with Crippen molar-refractivity contribution >= 4 is 11.6 Å². The second kappa shape index (κ2) is 8.01. The normalized spacial score (nSPS) is 11.4. The third kappa shape index (κ3) is 5.71. The Morgan fingerprint density at radius 3 is 2.60 bits per heavy atom. The SMILES string of the molecule is CCCc1nc(NN)cc(NCC(C)(C)CCCO)n1. The Labute approximate surface area is 121 Å². The minimum Gasteiger partial charge on any atom is -0.396 e. The van der Waals surface area contributed by atoms with Crippen LogP contribution in [0.2, 0.25) is 0 Å². The number of nitrogens with one attached hydrogen (secondary N) is 2. The van der Waals surface area contributed by atoms with Crippen LogP contribution in [0.3, 0.4) is 0 Å². The fraction of sp³-hybridized carbons (Fsp3) is 0.714. The monoisotopic (exact) mass is 281 g/mol. The lowest BCUT2D eigenvalue weighted by Gasteiger charge is -2.25. The molecule has 0 bridgehead atoms. The number of nitrogens with zero attached hydrogens (tertiary/aromatic N) is 2. The number of hydrogen-bond donors (Lipinski definition) is 4. The molecule has 20 heavy (non-hydrogen) atoms. The van der Waals surface area contributed by atoms with Crippen molar-refractivity contribution in [2.45, 2.75) is 46.5 Å². The number of anilines is 2. The number of rotatable bonds is 9. The van der Waals surface area contributed by atoms with E-state index >= 15 is 0 Å². The molecule has 6 nitrogen and oxygen atoms in total. The largest absolute Gasteiger partial charge is 0.396 e. The van der Waals surface area contributed by atoms with Crippen LogP contribution >= 0.6 is 0 Å². The van der Waals surface area contributed by atoms with E-state index in [1.807, 2.05) is 0 Å². The lowest BCUT2D eigenvalue weighted by molar-refractivity contribution is 0.248. The second-order valence-corrected chi connectivity index (χ2v) is 5.79. The summed E-state index contributed by atoms with van der Waals surface area (Å²) < 4.78 is 0. The van der Waals surface area contributed by atoms with Crippen molar-refractivity contribution in [2.75, 3.05) is 23.9 Å². The van der Waals surface area contributed by atoms with E-state index in [1.165, 1.54) is 0 Å². The average molecular weight is 281 g/mol. The lowest BCUT2D eigenvalue weighted by atomic mass is 9.88. The Kier molecular flexibility index (Phi) is 6.67. The summed E-state index contributed by atoms with van der Waals surface area (Å²) in [6.45, 7) is 7.47. The maximum absolute atomic E-state index is 8.92. The Morgan fingerprint density at radius 1 is 1.30 bits per heavy atom. The van der Waals surface area contributed by atoms with Crippen LogP contribution in [0.4, 0.5) is 11.6 Å². The van der Waals surface area contributed by atoms with Gasteiger partial charge in [0.25, 0.3) is 0 Å². The number of hydrazine groups is 1. The van der Waals surface area contributed by atoms with Gasteiger partial charge in [-0.05, 0) is 24.7 Å². The molecule has 1 heterocycles. The summed E-state index contributed by atoms with van der Waals surface area (Å²) in [6.07, 6.45) is 3.61. The van der Waals surface area contributed by atoms with E-state index in [0.717, 1.165) is 43.9 Å². The minimum absolute atomic E-state index is 0.106. The van der Waals surface area contributed by atoms with E-state index in [-0.39, 0.29) is 12.0 Å². The number of aromatic nitrogens is 2. The molecule has 0 saturated carbocycles. The van der Waals surface area contributed by atoms with Crippen molar-refractivity contribution in [1.29, 1.82) is 0 Å². The highest BCUT2D eigenvalue weighted by atomic mass is 16.2. The number of aliphatic hydroxyl groups excluding tert-OH is 1. The Bertz CT molecular complexity index is 409. The first-order valence-corrected chi connectivity index (χ1v) is 7.20. The Hall–Kier alpha value is -1.40. The molecule has 0 atom stereocenters. The van der Waals surface area contributed by atoms with Gasteiger partial charge in [-0.15, -0.1) is 0 Å². The molecule has 0 spiro atoms. The zero-order chi connectivity index (χ0) is 15.0. The third-order valence-electron chi connectivity index (χ3n) is 3.15. The van der Waals surface area contributed by atoms with Crippen LogP contribution in [0.1, 0.15) is 45.9 Å². The highest BCUT2D eigenvalue weighted by molar-refractivity contribution is 5.47. The van der Waals surface area contributed by atoms with Gasteiger partial charge in [0.05, 0.1) is 0 Å². The molecule has 0 aliphatic rings. The second-order valence-electron chi connectivity index (χ2n) is 5.79. The molecule has 0 radical (unpaired) electrons. The first-order chi connectivity index (χ1) is 9.50. The van der Waals surface area contributed by atoms with Crippen LogP contribution in [-0.2, 0) is 6.42 Å². The van der Waals surface area contributed by atoms with Crippen LogP contribution < -0.4 is 16.6 Å². The summed E-state index contributed by atoms with van der Waals surface area (Å²) in [5.41, 5.74) is 2.68. The van der Waals surface area contributed by atoms with Crippen molar-refractivity contribution in [3.05, 3.63) is 11.9 Å². The molecule has 0 saturated heterocycles. The van der Waals surface area contributed by atoms with Gasteiger partial charge in [-0.1, -0.05) is 20.8 Å². The van der Waals surface area contributed by atoms with E-state index in [4.69, 9.17) is 10.9 Å². The number of hydrogen-bond acceptors (Lipinski definition) is 6. The van der Waals surface area contributed by atoms with Crippen LogP contribution in [-0.4, -0.2) is 28.2 Å². The van der Waals surface area contributed by atoms with E-state index in [1.54, 1.807) is 6.07 Å². The molecule has 6 heteroatoms. The number of aryl methyl sites for hydroxylation is 1. The minimum atomic E-state index is 0.106. The quantitative estimate of drug-likeness (QED) is 0.408. The molecule has 5 N–H and O–H groups in total. The number of nitrogen functional groups attached to an aromatic ring is 1. The summed E-state index contributed by atoms with van der Waals surface area (Å²) >= 11 is 0. The van der Waals surface area contributed by atoms with Gasteiger partial charge in [-0.25, -0.2) is 15.8 Å². The van der Waals surface area contributed by atoms with Crippen molar-refractivity contribution < 1.29 is 5.11 Å². The van der Waals surface area contributed by atoms with Gasteiger partial charge in [0, 0.05) is 25.6 Å². The predicted molar refractivity (Wildman–Crippen MR) is 82.4 cm³/mol. The summed E-state index contributed by atoms with van der Waals surface area (Å²) in [5.74, 6) is 7.64. The van der Waals surface area contributed by atoms with Gasteiger partial charge >= 0.3 is 0 Å². The average Bonchev–Trinajstić information content (AvgIpc) is 2.43. The Balaban J connectivity index is 2.68. The molecule has 1 aromatic rings. The Morgan fingerprint density at radius 2 is 2.00 bits per heavy atom. The smallest absolute Gasteiger partial charge is 0.145 e. The molecule has 1 aromatic heterocycles. The van der Waals surface area contributed by atoms with Crippen molar-refractivity contribution in [2.24, 2.45) is 11.3 Å². The van der Waals surface area contributed by atoms with Crippen LogP contribution in [0.5, 0.6) is 0 Å². The van der Waals surface area contributed by atoms with E-state index in [2.05, 4.69) is 41.5 Å². The molecular weight excluding hydrogens is 254 g/mol. The standard InChI is InChI=1S/C14H27N5O/c1-4-6-11-17-12(9-13(18-11)19-15)16-10-14(2,3)7-5-8-20/h9,20H,4-8,10,15H2,1-3H3,(H2,16,17,18,19). The summed E-state index contributed by atoms with van der Waals surface area (Å²) in [6, 6.07) is 1.81. The lowest BCUT2D eigenvalue weighted by Crippen LogP contribution is -2.24. The number of aliphatic hydroxyl groups is 1. The van der Waals surface area contributed by atoms with Gasteiger partial charge < -0.3 is 15.8 Å². The highest BCUT2D eigenvalue weighted by Gasteiger charge is 2.17. The number of nitrogens with two attached hydrogens (primary N) is 1. The van der Waals surface area contributed by atoms with E-state index in [0.29, 0.717) is 5.82 Å². The molecule has 114 valence electrons.